The average Bonchev–Trinajstić information content (AvgIpc) is 3.15. The van der Waals surface area contributed by atoms with Gasteiger partial charge in [0.05, 0.1) is 16.8 Å². The van der Waals surface area contributed by atoms with Crippen LogP contribution in [0.15, 0.2) is 48.5 Å². The van der Waals surface area contributed by atoms with E-state index < -0.39 is 6.10 Å². The Morgan fingerprint density at radius 3 is 2.52 bits per heavy atom. The van der Waals surface area contributed by atoms with E-state index in [1.54, 1.807) is 12.1 Å². The summed E-state index contributed by atoms with van der Waals surface area (Å²) in [7, 11) is 5.72. The summed E-state index contributed by atoms with van der Waals surface area (Å²) in [5.41, 5.74) is 3.84. The van der Waals surface area contributed by atoms with E-state index in [2.05, 4.69) is 15.5 Å². The third-order valence-corrected chi connectivity index (χ3v) is 5.68. The zero-order chi connectivity index (χ0) is 23.5. The number of halogens is 1. The third-order valence-electron chi connectivity index (χ3n) is 5.68. The molecule has 1 unspecified atom stereocenters. The fourth-order valence-electron chi connectivity index (χ4n) is 4.02. The molecule has 0 aliphatic carbocycles. The molecule has 4 rings (SSSR count). The number of rotatable bonds is 8. The van der Waals surface area contributed by atoms with Gasteiger partial charge in [0.1, 0.15) is 28.9 Å². The molecule has 172 valence electrons. The molecule has 7 nitrogen and oxygen atoms in total. The number of anilines is 1. The van der Waals surface area contributed by atoms with Crippen LogP contribution in [0.25, 0.3) is 16.6 Å². The van der Waals surface area contributed by atoms with Crippen molar-refractivity contribution in [2.45, 2.75) is 26.4 Å². The lowest BCUT2D eigenvalue weighted by Gasteiger charge is -2.22. The van der Waals surface area contributed by atoms with Gasteiger partial charge in [0.15, 0.2) is 5.82 Å². The summed E-state index contributed by atoms with van der Waals surface area (Å²) in [5, 5.41) is 17.6. The summed E-state index contributed by atoms with van der Waals surface area (Å²) in [6.45, 7) is 4.63. The number of ether oxygens (including phenoxy) is 1. The van der Waals surface area contributed by atoms with Gasteiger partial charge >= 0.3 is 0 Å². The number of hydrogen-bond donors (Lipinski definition) is 1. The monoisotopic (exact) mass is 448 g/mol. The molecule has 2 aromatic heterocycles. The first-order valence-electron chi connectivity index (χ1n) is 11.0. The van der Waals surface area contributed by atoms with Gasteiger partial charge in [-0.2, -0.15) is 10.2 Å². The number of fused-ring (bicyclic) bond motifs is 1. The maximum absolute atomic E-state index is 14.6. The van der Waals surface area contributed by atoms with Crippen LogP contribution in [-0.2, 0) is 0 Å². The Kier molecular flexibility index (Phi) is 6.55. The number of benzene rings is 2. The Balaban J connectivity index is 1.82. The maximum Gasteiger partial charge on any atom is 0.179 e. The van der Waals surface area contributed by atoms with Gasteiger partial charge in [0, 0.05) is 26.1 Å². The van der Waals surface area contributed by atoms with Gasteiger partial charge in [-0.25, -0.2) is 9.07 Å². The molecule has 33 heavy (non-hydrogen) atoms. The highest BCUT2D eigenvalue weighted by Crippen LogP contribution is 2.34. The standard InChI is InChI=1S/C25H29FN6O/c1-16-23-17(2)32(30-24(23)25(29-28-16)31(4)5)20-12-8-9-13-22(20)33-21(14-15-27-3)18-10-6-7-11-19(18)26/h6-13,21,27H,14-15H2,1-5H3. The molecule has 0 spiro atoms. The van der Waals surface area contributed by atoms with E-state index >= 15 is 0 Å². The van der Waals surface area contributed by atoms with Crippen LogP contribution in [0.1, 0.15) is 29.5 Å². The molecule has 2 heterocycles. The lowest BCUT2D eigenvalue weighted by molar-refractivity contribution is 0.189. The van der Waals surface area contributed by atoms with Crippen molar-refractivity contribution >= 4 is 16.7 Å². The molecule has 4 aromatic rings. The van der Waals surface area contributed by atoms with Gasteiger partial charge in [-0.15, -0.1) is 5.10 Å². The largest absolute Gasteiger partial charge is 0.483 e. The summed E-state index contributed by atoms with van der Waals surface area (Å²) in [5.74, 6) is 1.05. The topological polar surface area (TPSA) is 68.1 Å². The molecule has 0 radical (unpaired) electrons. The fraction of sp³-hybridized carbons (Fsp3) is 0.320. The van der Waals surface area contributed by atoms with Crippen molar-refractivity contribution < 1.29 is 9.13 Å². The van der Waals surface area contributed by atoms with Crippen LogP contribution >= 0.6 is 0 Å². The van der Waals surface area contributed by atoms with Crippen molar-refractivity contribution in [3.8, 4) is 11.4 Å². The van der Waals surface area contributed by atoms with E-state index in [1.165, 1.54) is 6.07 Å². The van der Waals surface area contributed by atoms with Gasteiger partial charge in [-0.3, -0.25) is 0 Å². The molecule has 0 aliphatic rings. The second-order valence-electron chi connectivity index (χ2n) is 8.21. The SMILES string of the molecule is CNCCC(Oc1ccccc1-n1nc2c(N(C)C)nnc(C)c2c1C)c1ccccc1F. The Bertz CT molecular complexity index is 1270. The van der Waals surface area contributed by atoms with E-state index in [9.17, 15) is 4.39 Å². The van der Waals surface area contributed by atoms with Gasteiger partial charge in [-0.05, 0) is 45.6 Å². The Morgan fingerprint density at radius 1 is 1.06 bits per heavy atom. The summed E-state index contributed by atoms with van der Waals surface area (Å²) in [6, 6.07) is 14.5. The van der Waals surface area contributed by atoms with Gasteiger partial charge in [0.2, 0.25) is 0 Å². The number of nitrogens with zero attached hydrogens (tertiary/aromatic N) is 5. The third kappa shape index (κ3) is 4.39. The van der Waals surface area contributed by atoms with E-state index in [4.69, 9.17) is 9.84 Å². The molecule has 1 atom stereocenters. The van der Waals surface area contributed by atoms with Crippen molar-refractivity contribution in [3.63, 3.8) is 0 Å². The smallest absolute Gasteiger partial charge is 0.179 e. The molecule has 0 aliphatic heterocycles. The van der Waals surface area contributed by atoms with Crippen LogP contribution in [0.3, 0.4) is 0 Å². The first kappa shape index (κ1) is 22.7. The molecule has 0 saturated heterocycles. The Hall–Kier alpha value is -3.52. The molecule has 0 fully saturated rings. The Morgan fingerprint density at radius 2 is 1.79 bits per heavy atom. The van der Waals surface area contributed by atoms with Crippen LogP contribution in [0.5, 0.6) is 5.75 Å². The highest BCUT2D eigenvalue weighted by atomic mass is 19.1. The van der Waals surface area contributed by atoms with Crippen molar-refractivity contribution in [2.24, 2.45) is 0 Å². The average molecular weight is 449 g/mol. The van der Waals surface area contributed by atoms with E-state index in [-0.39, 0.29) is 5.82 Å². The van der Waals surface area contributed by atoms with Crippen molar-refractivity contribution in [3.05, 3.63) is 71.3 Å². The van der Waals surface area contributed by atoms with Crippen LogP contribution in [0, 0.1) is 19.7 Å². The van der Waals surface area contributed by atoms with Gasteiger partial charge in [0.25, 0.3) is 0 Å². The molecular formula is C25H29FN6O. The lowest BCUT2D eigenvalue weighted by Crippen LogP contribution is -2.18. The predicted molar refractivity (Wildman–Crippen MR) is 129 cm³/mol. The number of para-hydroxylation sites is 2. The highest BCUT2D eigenvalue weighted by Gasteiger charge is 2.22. The minimum absolute atomic E-state index is 0.277. The van der Waals surface area contributed by atoms with Crippen LogP contribution in [0.2, 0.25) is 0 Å². The number of aromatic nitrogens is 4. The Labute approximate surface area is 193 Å². The minimum atomic E-state index is -0.451. The second kappa shape index (κ2) is 9.54. The molecule has 1 N–H and O–H groups in total. The van der Waals surface area contributed by atoms with E-state index in [1.807, 2.05) is 74.9 Å². The summed E-state index contributed by atoms with van der Waals surface area (Å²) < 4.78 is 22.9. The molecule has 8 heteroatoms. The minimum Gasteiger partial charge on any atom is -0.483 e. The zero-order valence-electron chi connectivity index (χ0n) is 19.6. The lowest BCUT2D eigenvalue weighted by atomic mass is 10.1. The first-order valence-corrected chi connectivity index (χ1v) is 11.0. The van der Waals surface area contributed by atoms with Gasteiger partial charge in [-0.1, -0.05) is 30.3 Å². The zero-order valence-corrected chi connectivity index (χ0v) is 19.6. The summed E-state index contributed by atoms with van der Waals surface area (Å²) in [6.07, 6.45) is 0.163. The van der Waals surface area contributed by atoms with Crippen LogP contribution in [0.4, 0.5) is 10.2 Å². The predicted octanol–water partition coefficient (Wildman–Crippen LogP) is 4.37. The number of hydrogen-bond acceptors (Lipinski definition) is 6. The molecule has 0 amide bonds. The molecular weight excluding hydrogens is 419 g/mol. The van der Waals surface area contributed by atoms with Crippen molar-refractivity contribution in [1.29, 1.82) is 0 Å². The number of nitrogens with one attached hydrogen (secondary N) is 1. The quantitative estimate of drug-likeness (QED) is 0.432. The van der Waals surface area contributed by atoms with Crippen LogP contribution < -0.4 is 15.0 Å². The van der Waals surface area contributed by atoms with Crippen molar-refractivity contribution in [1.82, 2.24) is 25.3 Å². The highest BCUT2D eigenvalue weighted by molar-refractivity contribution is 5.92. The van der Waals surface area contributed by atoms with Crippen LogP contribution in [-0.4, -0.2) is 47.7 Å². The normalized spacial score (nSPS) is 12.2. The second-order valence-corrected chi connectivity index (χ2v) is 8.21. The summed E-state index contributed by atoms with van der Waals surface area (Å²) in [4.78, 5) is 1.90. The molecule has 2 aromatic carbocycles. The number of aryl methyl sites for hydroxylation is 2. The summed E-state index contributed by atoms with van der Waals surface area (Å²) >= 11 is 0. The maximum atomic E-state index is 14.6. The first-order chi connectivity index (χ1) is 15.9. The fourth-order valence-corrected chi connectivity index (χ4v) is 4.02. The van der Waals surface area contributed by atoms with E-state index in [0.29, 0.717) is 30.1 Å². The van der Waals surface area contributed by atoms with Crippen molar-refractivity contribution in [2.75, 3.05) is 32.6 Å². The van der Waals surface area contributed by atoms with E-state index in [0.717, 1.165) is 28.0 Å². The molecule has 0 saturated carbocycles. The van der Waals surface area contributed by atoms with Gasteiger partial charge < -0.3 is 15.0 Å². The molecule has 0 bridgehead atoms.